The van der Waals surface area contributed by atoms with Crippen molar-refractivity contribution in [2.45, 2.75) is 45.6 Å². The number of rotatable bonds is 9. The van der Waals surface area contributed by atoms with E-state index in [1.54, 1.807) is 23.6 Å². The van der Waals surface area contributed by atoms with Gasteiger partial charge in [0, 0.05) is 11.4 Å². The number of carbonyl (C=O) groups is 3. The zero-order valence-electron chi connectivity index (χ0n) is 21.3. The van der Waals surface area contributed by atoms with E-state index in [1.165, 1.54) is 23.5 Å². The molecule has 4 rings (SSSR count). The Balaban J connectivity index is 1.51. The number of anilines is 1. The van der Waals surface area contributed by atoms with Crippen LogP contribution in [-0.2, 0) is 43.5 Å². The van der Waals surface area contributed by atoms with E-state index < -0.39 is 44.9 Å². The van der Waals surface area contributed by atoms with Crippen LogP contribution >= 0.6 is 22.7 Å². The number of hydrogen-bond donors (Lipinski definition) is 1. The number of carbonyl (C=O) groups excluding carboxylic acids is 3. The third-order valence-electron chi connectivity index (χ3n) is 6.03. The summed E-state index contributed by atoms with van der Waals surface area (Å²) < 4.78 is 46.5. The Hall–Kier alpha value is -3.16. The average Bonchev–Trinajstić information content (AvgIpc) is 3.25. The maximum atomic E-state index is 13.7. The van der Waals surface area contributed by atoms with Gasteiger partial charge in [0.25, 0.3) is 5.91 Å². The Morgan fingerprint density at radius 2 is 1.95 bits per heavy atom. The molecule has 1 aromatic carbocycles. The molecule has 2 heterocycles. The zero-order chi connectivity index (χ0) is 28.2. The molecule has 1 aliphatic rings. The summed E-state index contributed by atoms with van der Waals surface area (Å²) in [6.45, 7) is 5.80. The Morgan fingerprint density at radius 1 is 1.18 bits per heavy atom. The number of halogens is 1. The standard InChI is InChI=1S/C26H28FN3O6S3/c1-3-12-30-18-11-10-16(27)13-20(18)38-26(30)29-22(32)15-39(34,35)14-21(31)28-24-23(25(33)36-4-2)17-8-6-5-7-9-19(17)37-24/h3,10-11,13H,1,4-9,12,14-15H2,2H3,(H,28,31). The van der Waals surface area contributed by atoms with Gasteiger partial charge in [0.2, 0.25) is 5.91 Å². The van der Waals surface area contributed by atoms with Crippen molar-refractivity contribution in [1.82, 2.24) is 4.57 Å². The van der Waals surface area contributed by atoms with E-state index in [4.69, 9.17) is 4.74 Å². The lowest BCUT2D eigenvalue weighted by molar-refractivity contribution is -0.115. The van der Waals surface area contributed by atoms with E-state index in [1.807, 2.05) is 0 Å². The minimum atomic E-state index is -4.19. The van der Waals surface area contributed by atoms with Gasteiger partial charge in [-0.05, 0) is 56.4 Å². The van der Waals surface area contributed by atoms with Crippen LogP contribution < -0.4 is 10.1 Å². The van der Waals surface area contributed by atoms with Crippen molar-refractivity contribution in [3.63, 3.8) is 0 Å². The first kappa shape index (κ1) is 28.8. The van der Waals surface area contributed by atoms with Crippen molar-refractivity contribution >= 4 is 65.5 Å². The largest absolute Gasteiger partial charge is 0.462 e. The Bertz CT molecular complexity index is 1620. The molecule has 0 unspecified atom stereocenters. The minimum absolute atomic E-state index is 0.165. The number of allylic oxidation sites excluding steroid dienone is 1. The molecule has 0 saturated carbocycles. The molecule has 0 aliphatic heterocycles. The Morgan fingerprint density at radius 3 is 2.69 bits per heavy atom. The second-order valence-electron chi connectivity index (χ2n) is 8.97. The first-order chi connectivity index (χ1) is 18.6. The van der Waals surface area contributed by atoms with Gasteiger partial charge in [0.15, 0.2) is 14.6 Å². The van der Waals surface area contributed by atoms with Gasteiger partial charge in [-0.25, -0.2) is 17.6 Å². The molecule has 0 spiro atoms. The summed E-state index contributed by atoms with van der Waals surface area (Å²) in [7, 11) is -4.19. The number of aryl methyl sites for hydroxylation is 1. The maximum absolute atomic E-state index is 13.7. The third kappa shape index (κ3) is 6.89. The molecule has 1 N–H and O–H groups in total. The van der Waals surface area contributed by atoms with Crippen LogP contribution in [0.4, 0.5) is 9.39 Å². The van der Waals surface area contributed by atoms with E-state index in [2.05, 4.69) is 16.9 Å². The molecule has 2 aromatic heterocycles. The average molecular weight is 594 g/mol. The summed E-state index contributed by atoms with van der Waals surface area (Å²) >= 11 is 2.30. The second-order valence-corrected chi connectivity index (χ2v) is 13.1. The number of fused-ring (bicyclic) bond motifs is 2. The van der Waals surface area contributed by atoms with E-state index in [9.17, 15) is 27.2 Å². The smallest absolute Gasteiger partial charge is 0.341 e. The second kappa shape index (κ2) is 12.3. The lowest BCUT2D eigenvalue weighted by Gasteiger charge is -2.08. The maximum Gasteiger partial charge on any atom is 0.341 e. The van der Waals surface area contributed by atoms with Crippen LogP contribution in [0.3, 0.4) is 0 Å². The highest BCUT2D eigenvalue weighted by atomic mass is 32.2. The fourth-order valence-electron chi connectivity index (χ4n) is 4.43. The quantitative estimate of drug-likeness (QED) is 0.227. The van der Waals surface area contributed by atoms with Gasteiger partial charge in [0.1, 0.15) is 22.3 Å². The summed E-state index contributed by atoms with van der Waals surface area (Å²) in [5, 5.41) is 2.83. The number of sulfone groups is 1. The Kier molecular flexibility index (Phi) is 9.13. The topological polar surface area (TPSA) is 124 Å². The van der Waals surface area contributed by atoms with Crippen molar-refractivity contribution in [3.05, 3.63) is 57.5 Å². The monoisotopic (exact) mass is 593 g/mol. The van der Waals surface area contributed by atoms with Crippen molar-refractivity contribution in [2.24, 2.45) is 4.99 Å². The van der Waals surface area contributed by atoms with Crippen molar-refractivity contribution < 1.29 is 31.9 Å². The van der Waals surface area contributed by atoms with Gasteiger partial charge in [-0.3, -0.25) is 9.59 Å². The molecule has 208 valence electrons. The zero-order valence-corrected chi connectivity index (χ0v) is 23.8. The van der Waals surface area contributed by atoms with Gasteiger partial charge in [-0.1, -0.05) is 23.8 Å². The number of aromatic nitrogens is 1. The molecule has 1 aliphatic carbocycles. The first-order valence-corrected chi connectivity index (χ1v) is 15.9. The van der Waals surface area contributed by atoms with Crippen LogP contribution in [0.2, 0.25) is 0 Å². The number of esters is 1. The molecule has 3 aromatic rings. The summed E-state index contributed by atoms with van der Waals surface area (Å²) in [6, 6.07) is 4.13. The highest BCUT2D eigenvalue weighted by Crippen LogP contribution is 2.38. The summed E-state index contributed by atoms with van der Waals surface area (Å²) in [4.78, 5) is 43.1. The molecule has 0 radical (unpaired) electrons. The van der Waals surface area contributed by atoms with Gasteiger partial charge < -0.3 is 14.6 Å². The number of hydrogen-bond acceptors (Lipinski definition) is 8. The van der Waals surface area contributed by atoms with Gasteiger partial charge in [-0.2, -0.15) is 4.99 Å². The Labute approximate surface area is 232 Å². The minimum Gasteiger partial charge on any atom is -0.462 e. The lowest BCUT2D eigenvalue weighted by Crippen LogP contribution is -2.28. The fourth-order valence-corrected chi connectivity index (χ4v) is 7.82. The molecule has 0 fully saturated rings. The van der Waals surface area contributed by atoms with Gasteiger partial charge >= 0.3 is 5.97 Å². The summed E-state index contributed by atoms with van der Waals surface area (Å²) in [5.41, 5.74) is 1.75. The summed E-state index contributed by atoms with van der Waals surface area (Å²) in [6.07, 6.45) is 5.94. The van der Waals surface area contributed by atoms with Crippen molar-refractivity contribution in [1.29, 1.82) is 0 Å². The van der Waals surface area contributed by atoms with Gasteiger partial charge in [-0.15, -0.1) is 17.9 Å². The normalized spacial score (nSPS) is 14.1. The first-order valence-electron chi connectivity index (χ1n) is 12.4. The molecule has 9 nitrogen and oxygen atoms in total. The van der Waals surface area contributed by atoms with E-state index in [-0.39, 0.29) is 28.5 Å². The number of thiophene rings is 1. The lowest BCUT2D eigenvalue weighted by atomic mass is 10.1. The van der Waals surface area contributed by atoms with E-state index >= 15 is 0 Å². The predicted octanol–water partition coefficient (Wildman–Crippen LogP) is 4.02. The molecule has 0 atom stereocenters. The number of amides is 2. The van der Waals surface area contributed by atoms with Crippen LogP contribution in [0.1, 0.15) is 47.0 Å². The highest BCUT2D eigenvalue weighted by Gasteiger charge is 2.28. The van der Waals surface area contributed by atoms with Crippen molar-refractivity contribution in [3.8, 4) is 0 Å². The molecular weight excluding hydrogens is 566 g/mol. The van der Waals surface area contributed by atoms with E-state index in [0.717, 1.165) is 47.5 Å². The van der Waals surface area contributed by atoms with Gasteiger partial charge in [0.05, 0.1) is 22.4 Å². The number of thiazole rings is 1. The fraction of sp³-hybridized carbons (Fsp3) is 0.385. The molecule has 39 heavy (non-hydrogen) atoms. The predicted molar refractivity (Wildman–Crippen MR) is 149 cm³/mol. The molecular formula is C26H28FN3O6S3. The van der Waals surface area contributed by atoms with Crippen molar-refractivity contribution in [2.75, 3.05) is 23.4 Å². The van der Waals surface area contributed by atoms with Crippen LogP contribution in [0.5, 0.6) is 0 Å². The number of nitrogens with zero attached hydrogens (tertiary/aromatic N) is 2. The van der Waals surface area contributed by atoms with Crippen LogP contribution in [-0.4, -0.2) is 48.9 Å². The molecule has 0 saturated heterocycles. The van der Waals surface area contributed by atoms with Crippen LogP contribution in [0, 0.1) is 5.82 Å². The van der Waals surface area contributed by atoms with Crippen LogP contribution in [0.15, 0.2) is 35.8 Å². The molecule has 0 bridgehead atoms. The SMILES string of the molecule is C=CCn1c(=NC(=O)CS(=O)(=O)CC(=O)Nc2sc3c(c2C(=O)OCC)CCCCC3)sc2cc(F)ccc21. The number of ether oxygens (including phenoxy) is 1. The summed E-state index contributed by atoms with van der Waals surface area (Å²) in [5.74, 6) is -4.76. The number of nitrogens with one attached hydrogen (secondary N) is 1. The molecule has 13 heteroatoms. The molecule has 2 amide bonds. The highest BCUT2D eigenvalue weighted by molar-refractivity contribution is 7.92. The van der Waals surface area contributed by atoms with E-state index in [0.29, 0.717) is 16.6 Å². The third-order valence-corrected chi connectivity index (χ3v) is 9.66. The van der Waals surface area contributed by atoms with Crippen LogP contribution in [0.25, 0.3) is 10.2 Å². The number of benzene rings is 1.